The van der Waals surface area contributed by atoms with Crippen molar-refractivity contribution in [2.75, 3.05) is 23.9 Å². The summed E-state index contributed by atoms with van der Waals surface area (Å²) in [4.78, 5) is 34.2. The van der Waals surface area contributed by atoms with Crippen molar-refractivity contribution in [3.05, 3.63) is 99.5 Å². The molecule has 0 saturated heterocycles. The molecule has 4 rings (SSSR count). The largest absolute Gasteiger partial charge is 0.450 e. The van der Waals surface area contributed by atoms with Crippen molar-refractivity contribution in [1.29, 1.82) is 0 Å². The van der Waals surface area contributed by atoms with E-state index in [9.17, 15) is 9.59 Å². The van der Waals surface area contributed by atoms with Gasteiger partial charge in [-0.2, -0.15) is 0 Å². The number of aromatic nitrogens is 1. The molecule has 0 N–H and O–H groups in total. The highest BCUT2D eigenvalue weighted by atomic mass is 16.3. The van der Waals surface area contributed by atoms with Crippen LogP contribution in [0.4, 0.5) is 11.5 Å². The lowest BCUT2D eigenvalue weighted by Crippen LogP contribution is -2.31. The molecule has 6 nitrogen and oxygen atoms in total. The van der Waals surface area contributed by atoms with Crippen LogP contribution in [0.25, 0.3) is 11.0 Å². The highest BCUT2D eigenvalue weighted by Gasteiger charge is 2.23. The molecule has 0 aliphatic carbocycles. The molecule has 0 saturated carbocycles. The third-order valence-corrected chi connectivity index (χ3v) is 5.59. The van der Waals surface area contributed by atoms with Crippen molar-refractivity contribution in [3.63, 3.8) is 0 Å². The van der Waals surface area contributed by atoms with Gasteiger partial charge in [-0.3, -0.25) is 14.5 Å². The topological polar surface area (TPSA) is 66.7 Å². The molecule has 162 valence electrons. The number of fused-ring (bicyclic) bond motifs is 1. The minimum absolute atomic E-state index is 0.00763. The van der Waals surface area contributed by atoms with Crippen LogP contribution in [0.3, 0.4) is 0 Å². The summed E-state index contributed by atoms with van der Waals surface area (Å²) in [5.41, 5.74) is 4.04. The maximum Gasteiger partial charge on any atom is 0.295 e. The first-order chi connectivity index (χ1) is 15.3. The van der Waals surface area contributed by atoms with E-state index in [2.05, 4.69) is 4.98 Å². The van der Waals surface area contributed by atoms with E-state index in [0.717, 1.165) is 22.4 Å². The fraction of sp³-hybridized carbons (Fsp3) is 0.192. The number of nitrogens with zero attached hydrogens (tertiary/aromatic N) is 3. The normalized spacial score (nSPS) is 10.9. The molecule has 0 radical (unpaired) electrons. The molecule has 0 unspecified atom stereocenters. The molecule has 2 aromatic heterocycles. The summed E-state index contributed by atoms with van der Waals surface area (Å²) < 4.78 is 5.98. The van der Waals surface area contributed by atoms with Gasteiger partial charge in [-0.1, -0.05) is 24.3 Å². The number of carbonyl (C=O) groups is 1. The van der Waals surface area contributed by atoms with E-state index >= 15 is 0 Å². The molecule has 0 spiro atoms. The Labute approximate surface area is 186 Å². The van der Waals surface area contributed by atoms with E-state index in [0.29, 0.717) is 16.8 Å². The Morgan fingerprint density at radius 3 is 2.41 bits per heavy atom. The molecule has 32 heavy (non-hydrogen) atoms. The summed E-state index contributed by atoms with van der Waals surface area (Å²) in [6.45, 7) is 4.12. The van der Waals surface area contributed by atoms with Crippen LogP contribution >= 0.6 is 0 Å². The molecule has 0 bridgehead atoms. The summed E-state index contributed by atoms with van der Waals surface area (Å²) in [7, 11) is 3.95. The molecular formula is C26H25N3O3. The summed E-state index contributed by atoms with van der Waals surface area (Å²) in [5, 5.41) is 0.466. The van der Waals surface area contributed by atoms with E-state index < -0.39 is 5.91 Å². The van der Waals surface area contributed by atoms with Crippen molar-refractivity contribution >= 4 is 28.4 Å². The van der Waals surface area contributed by atoms with Crippen LogP contribution in [-0.4, -0.2) is 25.0 Å². The highest BCUT2D eigenvalue weighted by molar-refractivity contribution is 6.04. The second kappa shape index (κ2) is 8.67. The van der Waals surface area contributed by atoms with E-state index in [4.69, 9.17) is 4.42 Å². The molecule has 0 atom stereocenters. The van der Waals surface area contributed by atoms with Crippen LogP contribution in [0.1, 0.15) is 27.2 Å². The minimum Gasteiger partial charge on any atom is -0.450 e. The summed E-state index contributed by atoms with van der Waals surface area (Å²) >= 11 is 0. The first kappa shape index (κ1) is 21.3. The quantitative estimate of drug-likeness (QED) is 0.461. The van der Waals surface area contributed by atoms with Crippen LogP contribution < -0.4 is 15.2 Å². The Kier molecular flexibility index (Phi) is 5.77. The maximum atomic E-state index is 13.6. The van der Waals surface area contributed by atoms with Gasteiger partial charge >= 0.3 is 0 Å². The van der Waals surface area contributed by atoms with Crippen molar-refractivity contribution in [3.8, 4) is 0 Å². The number of benzene rings is 2. The molecule has 2 heterocycles. The van der Waals surface area contributed by atoms with Gasteiger partial charge in [0.1, 0.15) is 11.4 Å². The predicted octanol–water partition coefficient (Wildman–Crippen LogP) is 4.72. The van der Waals surface area contributed by atoms with Gasteiger partial charge in [0, 0.05) is 32.0 Å². The molecular weight excluding hydrogens is 402 g/mol. The van der Waals surface area contributed by atoms with Gasteiger partial charge in [0.15, 0.2) is 11.2 Å². The SMILES string of the molecule is Cc1ccc2c(=O)cc(C(=O)N(Cc3ccc(N(C)C)cc3)c3ccccn3)oc2c1C. The third kappa shape index (κ3) is 4.12. The Bertz CT molecular complexity index is 1330. The van der Waals surface area contributed by atoms with E-state index in [1.807, 2.05) is 69.2 Å². The molecule has 2 aromatic carbocycles. The average molecular weight is 428 g/mol. The number of carbonyl (C=O) groups excluding carboxylic acids is 1. The van der Waals surface area contributed by atoms with Gasteiger partial charge < -0.3 is 9.32 Å². The molecule has 0 aliphatic rings. The van der Waals surface area contributed by atoms with E-state index in [1.54, 1.807) is 24.4 Å². The summed E-state index contributed by atoms with van der Waals surface area (Å²) in [6, 6.07) is 18.2. The number of rotatable bonds is 5. The standard InChI is InChI=1S/C26H25N3O3/c1-17-8-13-21-22(30)15-23(32-25(21)18(17)2)26(31)29(24-7-5-6-14-27-24)16-19-9-11-20(12-10-19)28(3)4/h5-15H,16H2,1-4H3. The predicted molar refractivity (Wildman–Crippen MR) is 127 cm³/mol. The fourth-order valence-electron chi connectivity index (χ4n) is 3.54. The zero-order valence-corrected chi connectivity index (χ0v) is 18.6. The summed E-state index contributed by atoms with van der Waals surface area (Å²) in [5.74, 6) is 0.0601. The van der Waals surface area contributed by atoms with Gasteiger partial charge in [-0.05, 0) is 60.9 Å². The molecule has 6 heteroatoms. The van der Waals surface area contributed by atoms with Crippen LogP contribution in [-0.2, 0) is 6.54 Å². The average Bonchev–Trinajstić information content (AvgIpc) is 2.80. The second-order valence-electron chi connectivity index (χ2n) is 8.00. The number of aryl methyl sites for hydroxylation is 2. The zero-order chi connectivity index (χ0) is 22.8. The van der Waals surface area contributed by atoms with Crippen LogP contribution in [0.15, 0.2) is 76.1 Å². The lowest BCUT2D eigenvalue weighted by molar-refractivity contribution is 0.0958. The second-order valence-corrected chi connectivity index (χ2v) is 8.00. The van der Waals surface area contributed by atoms with Crippen molar-refractivity contribution < 1.29 is 9.21 Å². The first-order valence-corrected chi connectivity index (χ1v) is 10.4. The number of hydrogen-bond donors (Lipinski definition) is 0. The van der Waals surface area contributed by atoms with Crippen LogP contribution in [0.5, 0.6) is 0 Å². The fourth-order valence-corrected chi connectivity index (χ4v) is 3.54. The van der Waals surface area contributed by atoms with Crippen molar-refractivity contribution in [1.82, 2.24) is 4.98 Å². The Morgan fingerprint density at radius 1 is 1.00 bits per heavy atom. The van der Waals surface area contributed by atoms with Crippen LogP contribution in [0.2, 0.25) is 0 Å². The molecule has 1 amide bonds. The smallest absolute Gasteiger partial charge is 0.295 e. The lowest BCUT2D eigenvalue weighted by atomic mass is 10.1. The zero-order valence-electron chi connectivity index (χ0n) is 18.6. The van der Waals surface area contributed by atoms with Crippen LogP contribution in [0, 0.1) is 13.8 Å². The lowest BCUT2D eigenvalue weighted by Gasteiger charge is -2.22. The van der Waals surface area contributed by atoms with Crippen molar-refractivity contribution in [2.24, 2.45) is 0 Å². The van der Waals surface area contributed by atoms with Gasteiger partial charge in [-0.15, -0.1) is 0 Å². The summed E-state index contributed by atoms with van der Waals surface area (Å²) in [6.07, 6.45) is 1.63. The van der Waals surface area contributed by atoms with Gasteiger partial charge in [0.2, 0.25) is 0 Å². The molecule has 0 fully saturated rings. The van der Waals surface area contributed by atoms with E-state index in [1.165, 1.54) is 11.0 Å². The number of anilines is 2. The Morgan fingerprint density at radius 2 is 1.75 bits per heavy atom. The third-order valence-electron chi connectivity index (χ3n) is 5.59. The van der Waals surface area contributed by atoms with Crippen molar-refractivity contribution in [2.45, 2.75) is 20.4 Å². The Hall–Kier alpha value is -3.93. The minimum atomic E-state index is -0.416. The Balaban J connectivity index is 1.77. The number of hydrogen-bond acceptors (Lipinski definition) is 5. The monoisotopic (exact) mass is 427 g/mol. The van der Waals surface area contributed by atoms with E-state index in [-0.39, 0.29) is 17.7 Å². The molecule has 4 aromatic rings. The first-order valence-electron chi connectivity index (χ1n) is 10.4. The number of pyridine rings is 1. The molecule has 0 aliphatic heterocycles. The highest BCUT2D eigenvalue weighted by Crippen LogP contribution is 2.23. The maximum absolute atomic E-state index is 13.6. The van der Waals surface area contributed by atoms with Gasteiger partial charge in [0.05, 0.1) is 11.9 Å². The van der Waals surface area contributed by atoms with Gasteiger partial charge in [0.25, 0.3) is 5.91 Å². The van der Waals surface area contributed by atoms with Gasteiger partial charge in [-0.25, -0.2) is 4.98 Å². The number of amides is 1.